The number of thiol groups is 1. The second-order valence-electron chi connectivity index (χ2n) is 5.35. The molecule has 0 aromatic carbocycles. The van der Waals surface area contributed by atoms with Crippen molar-refractivity contribution in [3.63, 3.8) is 0 Å². The Kier molecular flexibility index (Phi) is 10.0. The molecule has 3 amide bonds. The molecule has 0 spiro atoms. The average Bonchev–Trinajstić information content (AvgIpc) is 2.53. The number of hydrogen-bond donors (Lipinski definition) is 8. The second-order valence-corrected chi connectivity index (χ2v) is 5.71. The number of carbonyl (C=O) groups excluding carboxylic acids is 3. The van der Waals surface area contributed by atoms with Crippen LogP contribution >= 0.6 is 12.6 Å². The minimum atomic E-state index is -1.43. The molecule has 5 unspecified atom stereocenters. The number of aliphatic hydroxyl groups excluding tert-OH is 2. The first kappa shape index (κ1) is 23.1. The number of hydrogen-bond acceptors (Lipinski definition) is 8. The fraction of sp³-hybridized carbons (Fsp3) is 0.692. The Labute approximate surface area is 149 Å². The highest BCUT2D eigenvalue weighted by Gasteiger charge is 2.30. The van der Waals surface area contributed by atoms with Gasteiger partial charge in [-0.2, -0.15) is 12.6 Å². The minimum Gasteiger partial charge on any atom is -0.480 e. The van der Waals surface area contributed by atoms with E-state index in [1.165, 1.54) is 13.8 Å². The molecule has 0 bridgehead atoms. The number of aliphatic carboxylic acids is 1. The zero-order valence-corrected chi connectivity index (χ0v) is 14.7. The van der Waals surface area contributed by atoms with E-state index in [1.54, 1.807) is 0 Å². The second kappa shape index (κ2) is 10.9. The largest absolute Gasteiger partial charge is 0.480 e. The van der Waals surface area contributed by atoms with Gasteiger partial charge >= 0.3 is 5.97 Å². The van der Waals surface area contributed by atoms with Gasteiger partial charge in [0.05, 0.1) is 12.2 Å². The normalized spacial score (nSPS) is 16.7. The van der Waals surface area contributed by atoms with Gasteiger partial charge in [0.2, 0.25) is 17.7 Å². The Bertz CT molecular complexity index is 501. The summed E-state index contributed by atoms with van der Waals surface area (Å²) in [6.07, 6.45) is -2.47. The van der Waals surface area contributed by atoms with E-state index in [0.717, 1.165) is 0 Å². The van der Waals surface area contributed by atoms with E-state index < -0.39 is 60.6 Å². The maximum Gasteiger partial charge on any atom is 0.322 e. The summed E-state index contributed by atoms with van der Waals surface area (Å²) in [4.78, 5) is 46.3. The molecule has 0 aromatic rings. The molecule has 0 rings (SSSR count). The van der Waals surface area contributed by atoms with Crippen molar-refractivity contribution in [2.75, 3.05) is 12.3 Å². The summed E-state index contributed by atoms with van der Waals surface area (Å²) < 4.78 is 0. The van der Waals surface area contributed by atoms with E-state index >= 15 is 0 Å². The van der Waals surface area contributed by atoms with Crippen molar-refractivity contribution >= 4 is 36.3 Å². The van der Waals surface area contributed by atoms with Crippen LogP contribution in [0.1, 0.15) is 13.8 Å². The molecule has 0 heterocycles. The van der Waals surface area contributed by atoms with Crippen molar-refractivity contribution in [2.24, 2.45) is 5.73 Å². The number of carboxylic acids is 1. The lowest BCUT2D eigenvalue weighted by molar-refractivity contribution is -0.139. The number of aliphatic hydroxyl groups is 2. The maximum absolute atomic E-state index is 12.2. The zero-order chi connectivity index (χ0) is 19.7. The lowest BCUT2D eigenvalue weighted by Gasteiger charge is -2.24. The van der Waals surface area contributed by atoms with Crippen LogP contribution in [0.2, 0.25) is 0 Å². The summed E-state index contributed by atoms with van der Waals surface area (Å²) in [7, 11) is 0. The number of amides is 3. The number of nitrogens with one attached hydrogen (secondary N) is 3. The molecule has 0 aromatic heterocycles. The maximum atomic E-state index is 12.2. The van der Waals surface area contributed by atoms with Gasteiger partial charge in [-0.15, -0.1) is 0 Å². The summed E-state index contributed by atoms with van der Waals surface area (Å²) in [5.41, 5.74) is 5.45. The number of carbonyl (C=O) groups is 4. The smallest absolute Gasteiger partial charge is 0.322 e. The average molecular weight is 380 g/mol. The summed E-state index contributed by atoms with van der Waals surface area (Å²) >= 11 is 3.92. The van der Waals surface area contributed by atoms with Crippen LogP contribution in [0.25, 0.3) is 0 Å². The number of nitrogens with two attached hydrogens (primary N) is 1. The van der Waals surface area contributed by atoms with E-state index in [9.17, 15) is 29.4 Å². The Morgan fingerprint density at radius 1 is 1.00 bits per heavy atom. The summed E-state index contributed by atoms with van der Waals surface area (Å²) in [6.45, 7) is 1.84. The zero-order valence-electron chi connectivity index (χ0n) is 13.8. The highest BCUT2D eigenvalue weighted by atomic mass is 32.1. The molecule has 8 N–H and O–H groups in total. The van der Waals surface area contributed by atoms with E-state index in [1.807, 2.05) is 5.32 Å². The van der Waals surface area contributed by atoms with Crippen molar-refractivity contribution < 1.29 is 34.5 Å². The molecule has 0 fully saturated rings. The number of carboxylic acid groups (broad SMARTS) is 1. The first-order valence-electron chi connectivity index (χ1n) is 7.34. The number of rotatable bonds is 10. The molecule has 144 valence electrons. The van der Waals surface area contributed by atoms with E-state index in [4.69, 9.17) is 10.8 Å². The van der Waals surface area contributed by atoms with Crippen LogP contribution in [0, 0.1) is 0 Å². The Balaban J connectivity index is 4.92. The highest BCUT2D eigenvalue weighted by molar-refractivity contribution is 7.80. The Morgan fingerprint density at radius 2 is 1.56 bits per heavy atom. The lowest BCUT2D eigenvalue weighted by Crippen LogP contribution is -2.60. The van der Waals surface area contributed by atoms with Crippen LogP contribution in [0.15, 0.2) is 0 Å². The van der Waals surface area contributed by atoms with Gasteiger partial charge in [0.1, 0.15) is 24.7 Å². The van der Waals surface area contributed by atoms with Crippen LogP contribution in [0.5, 0.6) is 0 Å². The third-order valence-corrected chi connectivity index (χ3v) is 3.48. The molecule has 12 heteroatoms. The van der Waals surface area contributed by atoms with Crippen LogP contribution in [0.3, 0.4) is 0 Å². The molecule has 0 aliphatic carbocycles. The molecular formula is C13H24N4O7S. The molecule has 0 saturated heterocycles. The van der Waals surface area contributed by atoms with Crippen molar-refractivity contribution in [3.8, 4) is 0 Å². The van der Waals surface area contributed by atoms with Crippen molar-refractivity contribution in [2.45, 2.75) is 44.2 Å². The predicted molar refractivity (Wildman–Crippen MR) is 89.7 cm³/mol. The van der Waals surface area contributed by atoms with Gasteiger partial charge in [-0.05, 0) is 13.8 Å². The van der Waals surface area contributed by atoms with E-state index in [0.29, 0.717) is 0 Å². The van der Waals surface area contributed by atoms with Gasteiger partial charge < -0.3 is 37.0 Å². The minimum absolute atomic E-state index is 0.145. The van der Waals surface area contributed by atoms with Gasteiger partial charge in [-0.25, -0.2) is 0 Å². The Morgan fingerprint density at radius 3 is 1.96 bits per heavy atom. The van der Waals surface area contributed by atoms with Crippen LogP contribution in [-0.2, 0) is 19.2 Å². The molecule has 0 aliphatic rings. The third kappa shape index (κ3) is 8.16. The topological polar surface area (TPSA) is 191 Å². The first-order chi connectivity index (χ1) is 11.5. The van der Waals surface area contributed by atoms with Crippen molar-refractivity contribution in [1.29, 1.82) is 0 Å². The fourth-order valence-corrected chi connectivity index (χ4v) is 1.87. The summed E-state index contributed by atoms with van der Waals surface area (Å²) in [6, 6.07) is -3.88. The van der Waals surface area contributed by atoms with Gasteiger partial charge in [-0.1, -0.05) is 0 Å². The lowest BCUT2D eigenvalue weighted by atomic mass is 10.1. The molecule has 11 nitrogen and oxygen atoms in total. The first-order valence-corrected chi connectivity index (χ1v) is 7.97. The molecule has 0 saturated carbocycles. The predicted octanol–water partition coefficient (Wildman–Crippen LogP) is -3.82. The molecule has 25 heavy (non-hydrogen) atoms. The van der Waals surface area contributed by atoms with E-state index in [2.05, 4.69) is 23.3 Å². The van der Waals surface area contributed by atoms with Crippen LogP contribution in [-0.4, -0.2) is 81.6 Å². The summed E-state index contributed by atoms with van der Waals surface area (Å²) in [5.74, 6) is -3.98. The van der Waals surface area contributed by atoms with Gasteiger partial charge in [-0.3, -0.25) is 19.2 Å². The van der Waals surface area contributed by atoms with Crippen LogP contribution < -0.4 is 21.7 Å². The fourth-order valence-electron chi connectivity index (χ4n) is 1.61. The quantitative estimate of drug-likeness (QED) is 0.177. The van der Waals surface area contributed by atoms with Gasteiger partial charge in [0.25, 0.3) is 0 Å². The molecule has 0 aliphatic heterocycles. The van der Waals surface area contributed by atoms with Crippen molar-refractivity contribution in [1.82, 2.24) is 16.0 Å². The highest BCUT2D eigenvalue weighted by Crippen LogP contribution is 1.98. The SMILES string of the molecule is CC(O)C(N)C(=O)NC(CS)C(=O)NC(C(=O)NCC(=O)O)C(C)O. The molecular weight excluding hydrogens is 356 g/mol. The molecule has 0 radical (unpaired) electrons. The van der Waals surface area contributed by atoms with Gasteiger partial charge in [0, 0.05) is 5.75 Å². The van der Waals surface area contributed by atoms with Crippen LogP contribution in [0.4, 0.5) is 0 Å². The summed E-state index contributed by atoms with van der Waals surface area (Å²) in [5, 5.41) is 33.9. The van der Waals surface area contributed by atoms with Gasteiger partial charge in [0.15, 0.2) is 0 Å². The Hall–Kier alpha value is -1.89. The third-order valence-electron chi connectivity index (χ3n) is 3.11. The standard InChI is InChI=1S/C13H24N4O7S/c1-5(18)9(14)12(23)16-7(4-25)11(22)17-10(6(2)19)13(24)15-3-8(20)21/h5-7,9-10,18-19,25H,3-4,14H2,1-2H3,(H,15,24)(H,16,23)(H,17,22)(H,20,21). The van der Waals surface area contributed by atoms with E-state index in [-0.39, 0.29) is 5.75 Å². The monoisotopic (exact) mass is 380 g/mol. The van der Waals surface area contributed by atoms with Crippen molar-refractivity contribution in [3.05, 3.63) is 0 Å². The molecule has 5 atom stereocenters.